The van der Waals surface area contributed by atoms with Crippen LogP contribution in [0.2, 0.25) is 0 Å². The van der Waals surface area contributed by atoms with Crippen molar-refractivity contribution in [3.05, 3.63) is 60.2 Å². The van der Waals surface area contributed by atoms with E-state index in [2.05, 4.69) is 25.3 Å². The number of hydrogen-bond donors (Lipinski definition) is 1. The third-order valence-electron chi connectivity index (χ3n) is 4.25. The van der Waals surface area contributed by atoms with Gasteiger partial charge in [-0.05, 0) is 30.5 Å². The number of aromatic amines is 1. The molecule has 3 aromatic rings. The molecule has 8 nitrogen and oxygen atoms in total. The molecule has 0 spiro atoms. The molecule has 1 aromatic carbocycles. The molecule has 3 heterocycles. The molecule has 1 aliphatic rings. The average Bonchev–Trinajstić information content (AvgIpc) is 3.35. The minimum absolute atomic E-state index is 0.0225. The highest BCUT2D eigenvalue weighted by Gasteiger charge is 2.32. The molecule has 1 N–H and O–H groups in total. The molecule has 0 radical (unpaired) electrons. The van der Waals surface area contributed by atoms with Gasteiger partial charge in [-0.3, -0.25) is 9.89 Å². The largest absolute Gasteiger partial charge is 0.328 e. The Bertz CT molecular complexity index is 813. The molecule has 1 amide bonds. The molecule has 1 saturated heterocycles. The van der Waals surface area contributed by atoms with Gasteiger partial charge < -0.3 is 4.90 Å². The van der Waals surface area contributed by atoms with Crippen LogP contribution in [0, 0.1) is 0 Å². The van der Waals surface area contributed by atoms with Crippen molar-refractivity contribution in [1.29, 1.82) is 0 Å². The quantitative estimate of drug-likeness (QED) is 0.784. The first kappa shape index (κ1) is 14.6. The van der Waals surface area contributed by atoms with E-state index in [1.54, 1.807) is 11.0 Å². The fraction of sp³-hybridized carbons (Fsp3) is 0.312. The van der Waals surface area contributed by atoms with Gasteiger partial charge in [0.05, 0.1) is 12.6 Å². The van der Waals surface area contributed by atoms with Gasteiger partial charge in [0, 0.05) is 12.1 Å². The number of nitrogens with one attached hydrogen (secondary N) is 1. The van der Waals surface area contributed by atoms with Crippen LogP contribution in [0.1, 0.15) is 40.6 Å². The highest BCUT2D eigenvalue weighted by atomic mass is 16.2. The molecule has 0 aliphatic carbocycles. The highest BCUT2D eigenvalue weighted by molar-refractivity contribution is 5.94. The number of hydrogen-bond acceptors (Lipinski definition) is 5. The fourth-order valence-corrected chi connectivity index (χ4v) is 3.14. The predicted octanol–water partition coefficient (Wildman–Crippen LogP) is 1.42. The van der Waals surface area contributed by atoms with Crippen LogP contribution in [-0.4, -0.2) is 47.3 Å². The van der Waals surface area contributed by atoms with Crippen LogP contribution in [0.5, 0.6) is 0 Å². The van der Waals surface area contributed by atoms with Gasteiger partial charge >= 0.3 is 0 Å². The standard InChI is InChI=1S/C16H17N7O/c24-16(23-6-2-5-14(23)15-18-10-19-21-15)13-4-1-3-12(7-13)8-22-11-17-9-20-22/h1,3-4,7,9-11,14H,2,5-6,8H2,(H,18,19,21)/t14-/m1/s1. The Morgan fingerprint density at radius 2 is 2.29 bits per heavy atom. The number of amides is 1. The predicted molar refractivity (Wildman–Crippen MR) is 85.0 cm³/mol. The summed E-state index contributed by atoms with van der Waals surface area (Å²) in [5, 5.41) is 10.9. The number of carbonyl (C=O) groups is 1. The van der Waals surface area contributed by atoms with E-state index in [0.717, 1.165) is 30.8 Å². The fourth-order valence-electron chi connectivity index (χ4n) is 3.14. The lowest BCUT2D eigenvalue weighted by Gasteiger charge is -2.23. The molecule has 24 heavy (non-hydrogen) atoms. The molecule has 8 heteroatoms. The van der Waals surface area contributed by atoms with Gasteiger partial charge in [0.1, 0.15) is 24.8 Å². The Labute approximate surface area is 138 Å². The van der Waals surface area contributed by atoms with Crippen molar-refractivity contribution < 1.29 is 4.79 Å². The average molecular weight is 323 g/mol. The Morgan fingerprint density at radius 1 is 1.33 bits per heavy atom. The highest BCUT2D eigenvalue weighted by Crippen LogP contribution is 2.30. The Morgan fingerprint density at radius 3 is 3.08 bits per heavy atom. The third-order valence-corrected chi connectivity index (χ3v) is 4.25. The van der Waals surface area contributed by atoms with Crippen molar-refractivity contribution in [1.82, 2.24) is 34.8 Å². The van der Waals surface area contributed by atoms with E-state index in [4.69, 9.17) is 0 Å². The van der Waals surface area contributed by atoms with Crippen molar-refractivity contribution >= 4 is 5.91 Å². The SMILES string of the molecule is O=C(c1cccc(Cn2cncn2)c1)N1CCC[C@@H]1c1ncn[nH]1. The summed E-state index contributed by atoms with van der Waals surface area (Å²) in [5.41, 5.74) is 1.70. The van der Waals surface area contributed by atoms with Crippen molar-refractivity contribution in [3.63, 3.8) is 0 Å². The lowest BCUT2D eigenvalue weighted by Crippen LogP contribution is -2.31. The third kappa shape index (κ3) is 2.78. The topological polar surface area (TPSA) is 92.6 Å². The van der Waals surface area contributed by atoms with Crippen molar-refractivity contribution in [2.24, 2.45) is 0 Å². The number of rotatable bonds is 4. The molecule has 4 rings (SSSR count). The van der Waals surface area contributed by atoms with E-state index in [9.17, 15) is 4.79 Å². The molecule has 1 aliphatic heterocycles. The zero-order valence-electron chi connectivity index (χ0n) is 13.0. The first-order valence-corrected chi connectivity index (χ1v) is 7.89. The zero-order chi connectivity index (χ0) is 16.4. The van der Waals surface area contributed by atoms with E-state index in [1.807, 2.05) is 29.2 Å². The van der Waals surface area contributed by atoms with Crippen molar-refractivity contribution in [2.45, 2.75) is 25.4 Å². The van der Waals surface area contributed by atoms with Crippen LogP contribution in [0.25, 0.3) is 0 Å². The number of carbonyl (C=O) groups excluding carboxylic acids is 1. The Balaban J connectivity index is 1.55. The molecule has 0 unspecified atom stereocenters. The Kier molecular flexibility index (Phi) is 3.78. The summed E-state index contributed by atoms with van der Waals surface area (Å²) >= 11 is 0. The van der Waals surface area contributed by atoms with E-state index < -0.39 is 0 Å². The summed E-state index contributed by atoms with van der Waals surface area (Å²) in [6.45, 7) is 1.32. The van der Waals surface area contributed by atoms with E-state index in [-0.39, 0.29) is 11.9 Å². The Hall–Kier alpha value is -3.03. The maximum atomic E-state index is 12.9. The number of H-pyrrole nitrogens is 1. The molecule has 1 atom stereocenters. The van der Waals surface area contributed by atoms with Crippen LogP contribution in [0.3, 0.4) is 0 Å². The van der Waals surface area contributed by atoms with Gasteiger partial charge in [0.25, 0.3) is 5.91 Å². The van der Waals surface area contributed by atoms with Crippen LogP contribution in [0.15, 0.2) is 43.2 Å². The van der Waals surface area contributed by atoms with Crippen molar-refractivity contribution in [2.75, 3.05) is 6.54 Å². The van der Waals surface area contributed by atoms with Gasteiger partial charge in [-0.25, -0.2) is 14.6 Å². The minimum atomic E-state index is -0.0287. The maximum Gasteiger partial charge on any atom is 0.254 e. The first-order chi connectivity index (χ1) is 11.8. The maximum absolute atomic E-state index is 12.9. The summed E-state index contributed by atoms with van der Waals surface area (Å²) < 4.78 is 1.73. The van der Waals surface area contributed by atoms with Gasteiger partial charge in [0.2, 0.25) is 0 Å². The van der Waals surface area contributed by atoms with Crippen LogP contribution >= 0.6 is 0 Å². The molecule has 2 aromatic heterocycles. The number of aromatic nitrogens is 6. The second-order valence-corrected chi connectivity index (χ2v) is 5.82. The summed E-state index contributed by atoms with van der Waals surface area (Å²) in [7, 11) is 0. The monoisotopic (exact) mass is 323 g/mol. The first-order valence-electron chi connectivity index (χ1n) is 7.89. The summed E-state index contributed by atoms with van der Waals surface area (Å²) in [5.74, 6) is 0.772. The lowest BCUT2D eigenvalue weighted by atomic mass is 10.1. The van der Waals surface area contributed by atoms with Crippen LogP contribution < -0.4 is 0 Å². The lowest BCUT2D eigenvalue weighted by molar-refractivity contribution is 0.0730. The molecule has 122 valence electrons. The van der Waals surface area contributed by atoms with Gasteiger partial charge in [0.15, 0.2) is 0 Å². The summed E-state index contributed by atoms with van der Waals surface area (Å²) in [6, 6.07) is 7.62. The second-order valence-electron chi connectivity index (χ2n) is 5.82. The molecule has 1 fully saturated rings. The normalized spacial score (nSPS) is 17.3. The van der Waals surface area contributed by atoms with Gasteiger partial charge in [-0.15, -0.1) is 0 Å². The second kappa shape index (κ2) is 6.23. The minimum Gasteiger partial charge on any atom is -0.328 e. The van der Waals surface area contributed by atoms with Crippen LogP contribution in [0.4, 0.5) is 0 Å². The summed E-state index contributed by atoms with van der Waals surface area (Å²) in [4.78, 5) is 23.0. The van der Waals surface area contributed by atoms with Gasteiger partial charge in [-0.1, -0.05) is 12.1 Å². The van der Waals surface area contributed by atoms with E-state index >= 15 is 0 Å². The smallest absolute Gasteiger partial charge is 0.254 e. The van der Waals surface area contributed by atoms with Gasteiger partial charge in [-0.2, -0.15) is 10.2 Å². The molecular formula is C16H17N7O. The van der Waals surface area contributed by atoms with E-state index in [1.165, 1.54) is 12.7 Å². The summed E-state index contributed by atoms with van der Waals surface area (Å²) in [6.07, 6.45) is 6.51. The van der Waals surface area contributed by atoms with Crippen LogP contribution in [-0.2, 0) is 6.54 Å². The molecular weight excluding hydrogens is 306 g/mol. The van der Waals surface area contributed by atoms with E-state index in [0.29, 0.717) is 12.1 Å². The van der Waals surface area contributed by atoms with Crippen molar-refractivity contribution in [3.8, 4) is 0 Å². The number of benzene rings is 1. The molecule has 0 bridgehead atoms. The zero-order valence-corrected chi connectivity index (χ0v) is 13.0. The molecule has 0 saturated carbocycles. The number of likely N-dealkylation sites (tertiary alicyclic amines) is 1. The number of nitrogens with zero attached hydrogens (tertiary/aromatic N) is 6.